The second kappa shape index (κ2) is 8.62. The van der Waals surface area contributed by atoms with E-state index < -0.39 is 18.5 Å². The van der Waals surface area contributed by atoms with E-state index in [0.717, 1.165) is 0 Å². The van der Waals surface area contributed by atoms with Gasteiger partial charge in [-0.15, -0.1) is 0 Å². The summed E-state index contributed by atoms with van der Waals surface area (Å²) in [5, 5.41) is 2.58. The number of carbonyl (C=O) groups excluding carboxylic acids is 2. The van der Waals surface area contributed by atoms with Crippen molar-refractivity contribution < 1.29 is 33.0 Å². The Balaban J connectivity index is 1.99. The molecule has 134 valence electrons. The highest BCUT2D eigenvalue weighted by Gasteiger charge is 2.22. The van der Waals surface area contributed by atoms with Gasteiger partial charge in [0.05, 0.1) is 34.1 Å². The van der Waals surface area contributed by atoms with E-state index in [2.05, 4.69) is 5.32 Å². The molecule has 0 bridgehead atoms. The number of nitrogens with one attached hydrogen (secondary N) is 1. The average molecular weight is 349 g/mol. The Bertz CT molecular complexity index is 725. The first kappa shape index (κ1) is 18.2. The molecule has 0 aliphatic carbocycles. The molecule has 0 saturated heterocycles. The Morgan fingerprint density at radius 1 is 1.04 bits per heavy atom. The minimum absolute atomic E-state index is 0.124. The molecule has 0 atom stereocenters. The maximum absolute atomic E-state index is 12.2. The van der Waals surface area contributed by atoms with Gasteiger partial charge in [0.1, 0.15) is 11.3 Å². The van der Waals surface area contributed by atoms with Gasteiger partial charge in [-0.2, -0.15) is 0 Å². The second-order valence-corrected chi connectivity index (χ2v) is 4.81. The Labute approximate surface area is 144 Å². The highest BCUT2D eigenvalue weighted by Crippen LogP contribution is 2.39. The van der Waals surface area contributed by atoms with Gasteiger partial charge in [-0.25, -0.2) is 4.79 Å². The summed E-state index contributed by atoms with van der Waals surface area (Å²) in [6.45, 7) is -0.222. The van der Waals surface area contributed by atoms with E-state index in [1.54, 1.807) is 18.2 Å². The predicted molar refractivity (Wildman–Crippen MR) is 86.9 cm³/mol. The number of carbonyl (C=O) groups is 2. The van der Waals surface area contributed by atoms with Crippen LogP contribution in [0.1, 0.15) is 16.1 Å². The number of methoxy groups -OCH3 is 3. The van der Waals surface area contributed by atoms with E-state index in [-0.39, 0.29) is 23.6 Å². The Hall–Kier alpha value is -3.16. The van der Waals surface area contributed by atoms with Crippen molar-refractivity contribution >= 4 is 11.9 Å². The lowest BCUT2D eigenvalue weighted by molar-refractivity contribution is -0.124. The molecule has 1 heterocycles. The summed E-state index contributed by atoms with van der Waals surface area (Å²) in [5.41, 5.74) is 0.124. The summed E-state index contributed by atoms with van der Waals surface area (Å²) >= 11 is 0. The third-order valence-corrected chi connectivity index (χ3v) is 3.30. The number of hydrogen-bond acceptors (Lipinski definition) is 7. The summed E-state index contributed by atoms with van der Waals surface area (Å²) in [4.78, 5) is 24.0. The largest absolute Gasteiger partial charge is 0.493 e. The quantitative estimate of drug-likeness (QED) is 0.726. The minimum Gasteiger partial charge on any atom is -0.493 e. The molecular formula is C17H19NO7. The van der Waals surface area contributed by atoms with Crippen molar-refractivity contribution in [2.24, 2.45) is 0 Å². The summed E-state index contributed by atoms with van der Waals surface area (Å²) in [6, 6.07) is 6.46. The molecule has 0 aliphatic rings. The first-order valence-electron chi connectivity index (χ1n) is 7.35. The zero-order valence-corrected chi connectivity index (χ0v) is 14.2. The third kappa shape index (κ3) is 4.43. The van der Waals surface area contributed by atoms with Crippen LogP contribution in [-0.2, 0) is 16.1 Å². The fourth-order valence-electron chi connectivity index (χ4n) is 2.12. The molecule has 1 N–H and O–H groups in total. The summed E-state index contributed by atoms with van der Waals surface area (Å²) in [6.07, 6.45) is 1.50. The van der Waals surface area contributed by atoms with Crippen LogP contribution in [0.25, 0.3) is 0 Å². The normalized spacial score (nSPS) is 10.0. The van der Waals surface area contributed by atoms with Crippen LogP contribution in [0.3, 0.4) is 0 Å². The molecule has 1 aromatic carbocycles. The SMILES string of the molecule is COc1ccc(C(=O)OCC(=O)NCc2ccco2)c(OC)c1OC. The molecule has 0 unspecified atom stereocenters. The van der Waals surface area contributed by atoms with E-state index in [0.29, 0.717) is 11.5 Å². The van der Waals surface area contributed by atoms with E-state index in [9.17, 15) is 9.59 Å². The number of amides is 1. The van der Waals surface area contributed by atoms with Crippen LogP contribution in [0.5, 0.6) is 17.2 Å². The number of hydrogen-bond donors (Lipinski definition) is 1. The zero-order chi connectivity index (χ0) is 18.2. The molecule has 0 fully saturated rings. The van der Waals surface area contributed by atoms with Gasteiger partial charge in [0.2, 0.25) is 5.75 Å². The topological polar surface area (TPSA) is 96.2 Å². The monoisotopic (exact) mass is 349 g/mol. The molecule has 8 heteroatoms. The predicted octanol–water partition coefficient (Wildman–Crippen LogP) is 1.78. The van der Waals surface area contributed by atoms with Crippen LogP contribution in [-0.4, -0.2) is 39.8 Å². The van der Waals surface area contributed by atoms with E-state index in [1.165, 1.54) is 33.7 Å². The lowest BCUT2D eigenvalue weighted by Crippen LogP contribution is -2.28. The summed E-state index contributed by atoms with van der Waals surface area (Å²) in [7, 11) is 4.29. The van der Waals surface area contributed by atoms with Gasteiger partial charge in [0.25, 0.3) is 5.91 Å². The number of rotatable bonds is 8. The Morgan fingerprint density at radius 3 is 2.40 bits per heavy atom. The van der Waals surface area contributed by atoms with Gasteiger partial charge in [-0.3, -0.25) is 4.79 Å². The molecule has 0 saturated carbocycles. The van der Waals surface area contributed by atoms with Gasteiger partial charge in [-0.1, -0.05) is 0 Å². The molecule has 1 aromatic heterocycles. The minimum atomic E-state index is -0.717. The van der Waals surface area contributed by atoms with Crippen LogP contribution in [0.2, 0.25) is 0 Å². The first-order valence-corrected chi connectivity index (χ1v) is 7.35. The van der Waals surface area contributed by atoms with Crippen LogP contribution in [0.4, 0.5) is 0 Å². The summed E-state index contributed by atoms with van der Waals surface area (Å²) < 4.78 is 25.7. The van der Waals surface area contributed by atoms with Crippen molar-refractivity contribution in [3.05, 3.63) is 41.9 Å². The Morgan fingerprint density at radius 2 is 1.80 bits per heavy atom. The van der Waals surface area contributed by atoms with E-state index in [1.807, 2.05) is 0 Å². The molecular weight excluding hydrogens is 330 g/mol. The van der Waals surface area contributed by atoms with Crippen molar-refractivity contribution in [1.82, 2.24) is 5.32 Å². The average Bonchev–Trinajstić information content (AvgIpc) is 3.16. The van der Waals surface area contributed by atoms with Crippen LogP contribution >= 0.6 is 0 Å². The molecule has 8 nitrogen and oxygen atoms in total. The number of ether oxygens (including phenoxy) is 4. The van der Waals surface area contributed by atoms with E-state index >= 15 is 0 Å². The molecule has 1 amide bonds. The lowest BCUT2D eigenvalue weighted by atomic mass is 10.1. The lowest BCUT2D eigenvalue weighted by Gasteiger charge is -2.15. The smallest absolute Gasteiger partial charge is 0.342 e. The van der Waals surface area contributed by atoms with Crippen molar-refractivity contribution in [2.75, 3.05) is 27.9 Å². The van der Waals surface area contributed by atoms with Crippen molar-refractivity contribution in [2.45, 2.75) is 6.54 Å². The molecule has 25 heavy (non-hydrogen) atoms. The standard InChI is InChI=1S/C17H19NO7/c1-21-13-7-6-12(15(22-2)16(13)23-3)17(20)25-10-14(19)18-9-11-5-4-8-24-11/h4-8H,9-10H2,1-3H3,(H,18,19). The van der Waals surface area contributed by atoms with Crippen molar-refractivity contribution in [3.8, 4) is 17.2 Å². The highest BCUT2D eigenvalue weighted by molar-refractivity contribution is 5.95. The van der Waals surface area contributed by atoms with Gasteiger partial charge in [0.15, 0.2) is 18.1 Å². The summed E-state index contributed by atoms with van der Waals surface area (Å²) in [5.74, 6) is 0.271. The highest BCUT2D eigenvalue weighted by atomic mass is 16.5. The van der Waals surface area contributed by atoms with Gasteiger partial charge in [-0.05, 0) is 24.3 Å². The maximum Gasteiger partial charge on any atom is 0.342 e. The third-order valence-electron chi connectivity index (χ3n) is 3.30. The van der Waals surface area contributed by atoms with Crippen molar-refractivity contribution in [1.29, 1.82) is 0 Å². The number of furan rings is 1. The molecule has 0 radical (unpaired) electrons. The maximum atomic E-state index is 12.2. The molecule has 0 aliphatic heterocycles. The Kier molecular flexibility index (Phi) is 6.27. The molecule has 2 aromatic rings. The van der Waals surface area contributed by atoms with Crippen LogP contribution < -0.4 is 19.5 Å². The molecule has 2 rings (SSSR count). The van der Waals surface area contributed by atoms with Gasteiger partial charge >= 0.3 is 5.97 Å². The van der Waals surface area contributed by atoms with Crippen LogP contribution in [0.15, 0.2) is 34.9 Å². The van der Waals surface area contributed by atoms with Crippen LogP contribution in [0, 0.1) is 0 Å². The van der Waals surface area contributed by atoms with Gasteiger partial charge < -0.3 is 28.7 Å². The van der Waals surface area contributed by atoms with E-state index in [4.69, 9.17) is 23.4 Å². The molecule has 0 spiro atoms. The second-order valence-electron chi connectivity index (χ2n) is 4.81. The van der Waals surface area contributed by atoms with Crippen molar-refractivity contribution in [3.63, 3.8) is 0 Å². The number of esters is 1. The zero-order valence-electron chi connectivity index (χ0n) is 14.2. The van der Waals surface area contributed by atoms with Gasteiger partial charge in [0, 0.05) is 0 Å². The number of benzene rings is 1. The first-order chi connectivity index (χ1) is 12.1. The fourth-order valence-corrected chi connectivity index (χ4v) is 2.12. The fraction of sp³-hybridized carbons (Fsp3) is 0.294.